The van der Waals surface area contributed by atoms with Gasteiger partial charge in [0.05, 0.1) is 11.5 Å². The molecule has 3 rings (SSSR count). The first-order chi connectivity index (χ1) is 10.3. The van der Waals surface area contributed by atoms with Crippen LogP contribution in [0.2, 0.25) is 0 Å². The molecule has 1 unspecified atom stereocenters. The molecule has 0 amide bonds. The molecule has 21 heavy (non-hydrogen) atoms. The van der Waals surface area contributed by atoms with Gasteiger partial charge in [-0.05, 0) is 48.7 Å². The number of nitriles is 1. The van der Waals surface area contributed by atoms with Gasteiger partial charge in [-0.3, -0.25) is 0 Å². The number of hydrogen-bond donors (Lipinski definition) is 0. The second kappa shape index (κ2) is 5.74. The van der Waals surface area contributed by atoms with Gasteiger partial charge in [0.2, 0.25) is 0 Å². The van der Waals surface area contributed by atoms with E-state index in [-0.39, 0.29) is 5.41 Å². The molecule has 1 nitrogen and oxygen atoms in total. The zero-order valence-electron chi connectivity index (χ0n) is 12.3. The number of rotatable bonds is 4. The highest BCUT2D eigenvalue weighted by Gasteiger charge is 2.44. The largest absolute Gasteiger partial charge is 0.197 e. The smallest absolute Gasteiger partial charge is 0.0819 e. The Morgan fingerprint density at radius 2 is 2.05 bits per heavy atom. The van der Waals surface area contributed by atoms with Gasteiger partial charge in [0.25, 0.3) is 0 Å². The molecular weight excluding hydrogens is 254 g/mol. The summed E-state index contributed by atoms with van der Waals surface area (Å²) in [6, 6.07) is 13.0. The van der Waals surface area contributed by atoms with Crippen molar-refractivity contribution in [2.45, 2.75) is 25.7 Å². The van der Waals surface area contributed by atoms with Gasteiger partial charge in [-0.15, -0.1) is 6.58 Å². The average molecular weight is 275 g/mol. The predicted molar refractivity (Wildman–Crippen MR) is 87.3 cm³/mol. The molecule has 0 aromatic heterocycles. The van der Waals surface area contributed by atoms with E-state index in [9.17, 15) is 5.26 Å². The van der Waals surface area contributed by atoms with Crippen molar-refractivity contribution in [3.05, 3.63) is 66.8 Å². The third-order valence-electron chi connectivity index (χ3n) is 5.00. The first-order valence-electron chi connectivity index (χ1n) is 7.74. The molecule has 1 saturated carbocycles. The lowest BCUT2D eigenvalue weighted by Crippen LogP contribution is -2.37. The summed E-state index contributed by atoms with van der Waals surface area (Å²) in [5, 5.41) is 9.70. The highest BCUT2D eigenvalue weighted by Crippen LogP contribution is 2.51. The van der Waals surface area contributed by atoms with Crippen molar-refractivity contribution in [2.24, 2.45) is 17.3 Å². The molecule has 106 valence electrons. The number of allylic oxidation sites excluding steroid dienone is 5. The predicted octanol–water partition coefficient (Wildman–Crippen LogP) is 5.14. The molecule has 0 saturated heterocycles. The van der Waals surface area contributed by atoms with Crippen molar-refractivity contribution >= 4 is 5.57 Å². The topological polar surface area (TPSA) is 23.8 Å². The Bertz CT molecular complexity index is 611. The third kappa shape index (κ3) is 2.59. The summed E-state index contributed by atoms with van der Waals surface area (Å²) in [7, 11) is 0. The van der Waals surface area contributed by atoms with Crippen LogP contribution >= 0.6 is 0 Å². The van der Waals surface area contributed by atoms with Crippen LogP contribution in [0.4, 0.5) is 0 Å². The van der Waals surface area contributed by atoms with Crippen LogP contribution in [0.25, 0.3) is 5.57 Å². The molecular formula is C20H21N. The zero-order valence-corrected chi connectivity index (χ0v) is 12.3. The fraction of sp³-hybridized carbons (Fsp3) is 0.350. The fourth-order valence-electron chi connectivity index (χ4n) is 3.56. The number of benzene rings is 1. The van der Waals surface area contributed by atoms with Crippen molar-refractivity contribution in [1.29, 1.82) is 5.26 Å². The molecule has 0 bridgehead atoms. The third-order valence-corrected chi connectivity index (χ3v) is 5.00. The van der Waals surface area contributed by atoms with E-state index in [0.29, 0.717) is 5.92 Å². The maximum Gasteiger partial charge on any atom is 0.0819 e. The van der Waals surface area contributed by atoms with Crippen molar-refractivity contribution in [1.82, 2.24) is 0 Å². The van der Waals surface area contributed by atoms with Gasteiger partial charge in [0.1, 0.15) is 0 Å². The van der Waals surface area contributed by atoms with E-state index in [0.717, 1.165) is 18.8 Å². The van der Waals surface area contributed by atoms with Gasteiger partial charge in [0.15, 0.2) is 0 Å². The molecule has 2 aliphatic rings. The minimum Gasteiger partial charge on any atom is -0.197 e. The summed E-state index contributed by atoms with van der Waals surface area (Å²) in [6.45, 7) is 3.81. The number of nitrogens with zero attached hydrogens (tertiary/aromatic N) is 1. The Balaban J connectivity index is 1.72. The van der Waals surface area contributed by atoms with E-state index in [1.165, 1.54) is 24.0 Å². The Morgan fingerprint density at radius 3 is 2.62 bits per heavy atom. The Kier molecular flexibility index (Phi) is 3.80. The normalized spacial score (nSPS) is 30.9. The second-order valence-electron chi connectivity index (χ2n) is 6.27. The summed E-state index contributed by atoms with van der Waals surface area (Å²) in [6.07, 6.45) is 12.8. The van der Waals surface area contributed by atoms with Gasteiger partial charge in [-0.25, -0.2) is 0 Å². The van der Waals surface area contributed by atoms with Crippen molar-refractivity contribution in [2.75, 3.05) is 0 Å². The quantitative estimate of drug-likeness (QED) is 0.698. The van der Waals surface area contributed by atoms with E-state index < -0.39 is 0 Å². The Morgan fingerprint density at radius 1 is 1.29 bits per heavy atom. The van der Waals surface area contributed by atoms with Crippen molar-refractivity contribution < 1.29 is 0 Å². The molecule has 1 aromatic carbocycles. The van der Waals surface area contributed by atoms with Crippen LogP contribution in [-0.2, 0) is 0 Å². The molecule has 0 heterocycles. The van der Waals surface area contributed by atoms with Crippen LogP contribution in [-0.4, -0.2) is 0 Å². The molecule has 1 heteroatoms. The van der Waals surface area contributed by atoms with E-state index in [2.05, 4.69) is 55.1 Å². The van der Waals surface area contributed by atoms with Crippen LogP contribution in [0.15, 0.2) is 61.2 Å². The van der Waals surface area contributed by atoms with Gasteiger partial charge in [-0.2, -0.15) is 5.26 Å². The Labute approximate surface area is 127 Å². The standard InChI is InChI=1S/C20H21N/c1-2-6-16-13-19(14-16)20(15-21)11-9-18(10-12-20)17-7-4-3-5-8-17/h2-5,7-11,16,19H,1,6,12-14H2. The molecule has 0 radical (unpaired) electrons. The highest BCUT2D eigenvalue weighted by atomic mass is 14.5. The molecule has 2 aliphatic carbocycles. The lowest BCUT2D eigenvalue weighted by molar-refractivity contribution is 0.110. The summed E-state index contributed by atoms with van der Waals surface area (Å²) in [5.41, 5.74) is 2.19. The average Bonchev–Trinajstić information content (AvgIpc) is 2.51. The van der Waals surface area contributed by atoms with Crippen LogP contribution in [0.3, 0.4) is 0 Å². The second-order valence-corrected chi connectivity index (χ2v) is 6.27. The lowest BCUT2D eigenvalue weighted by atomic mass is 9.58. The van der Waals surface area contributed by atoms with Crippen LogP contribution < -0.4 is 0 Å². The molecule has 1 atom stereocenters. The van der Waals surface area contributed by atoms with Crippen LogP contribution in [0.5, 0.6) is 0 Å². The monoisotopic (exact) mass is 275 g/mol. The van der Waals surface area contributed by atoms with Gasteiger partial charge >= 0.3 is 0 Å². The molecule has 1 fully saturated rings. The SMILES string of the molecule is C=CCC1CC(C2(C#N)C=CC(c3ccccc3)=CC2)C1. The van der Waals surface area contributed by atoms with E-state index >= 15 is 0 Å². The molecule has 0 N–H and O–H groups in total. The van der Waals surface area contributed by atoms with Gasteiger partial charge in [-0.1, -0.05) is 54.6 Å². The minimum atomic E-state index is -0.282. The first-order valence-corrected chi connectivity index (χ1v) is 7.74. The summed E-state index contributed by atoms with van der Waals surface area (Å²) in [5.74, 6) is 1.25. The maximum absolute atomic E-state index is 9.70. The van der Waals surface area contributed by atoms with Crippen LogP contribution in [0.1, 0.15) is 31.2 Å². The van der Waals surface area contributed by atoms with E-state index in [1.54, 1.807) is 0 Å². The summed E-state index contributed by atoms with van der Waals surface area (Å²) >= 11 is 0. The lowest BCUT2D eigenvalue weighted by Gasteiger charge is -2.44. The van der Waals surface area contributed by atoms with Gasteiger partial charge < -0.3 is 0 Å². The van der Waals surface area contributed by atoms with Crippen molar-refractivity contribution in [3.63, 3.8) is 0 Å². The van der Waals surface area contributed by atoms with Crippen molar-refractivity contribution in [3.8, 4) is 6.07 Å². The molecule has 1 aromatic rings. The van der Waals surface area contributed by atoms with Crippen LogP contribution in [0, 0.1) is 28.6 Å². The summed E-state index contributed by atoms with van der Waals surface area (Å²) < 4.78 is 0. The highest BCUT2D eigenvalue weighted by molar-refractivity contribution is 5.75. The zero-order chi connectivity index (χ0) is 14.7. The molecule has 0 aliphatic heterocycles. The van der Waals surface area contributed by atoms with E-state index in [1.807, 2.05) is 12.1 Å². The Hall–Kier alpha value is -2.07. The van der Waals surface area contributed by atoms with Gasteiger partial charge in [0, 0.05) is 0 Å². The molecule has 0 spiro atoms. The minimum absolute atomic E-state index is 0.282. The summed E-state index contributed by atoms with van der Waals surface area (Å²) in [4.78, 5) is 0. The van der Waals surface area contributed by atoms with E-state index in [4.69, 9.17) is 0 Å². The first kappa shape index (κ1) is 13.9. The maximum atomic E-state index is 9.70. The number of hydrogen-bond acceptors (Lipinski definition) is 1. The fourth-order valence-corrected chi connectivity index (χ4v) is 3.56.